The van der Waals surface area contributed by atoms with E-state index in [0.717, 1.165) is 57.3 Å². The Labute approximate surface area is 231 Å². The van der Waals surface area contributed by atoms with Crippen molar-refractivity contribution in [1.29, 1.82) is 0 Å². The second-order valence-corrected chi connectivity index (χ2v) is 12.7. The standard InChI is InChI=1S/C31H43FN4O3/c1-30(2,3)24-7-12-27(13-8-24)35-17-15-31(4,16-18-35)29(37)33-21-22-5-9-25(10-6-22)34-26-11-14-28(36(38)39)23(19-26)20-32/h7-8,11-14,19,22,25,34H,5-6,9-10,15-18,20-21H2,1-4H3,(H,33,37). The molecule has 1 heterocycles. The van der Waals surface area contributed by atoms with E-state index in [1.165, 1.54) is 23.4 Å². The van der Waals surface area contributed by atoms with Crippen molar-refractivity contribution in [2.45, 2.75) is 84.4 Å². The summed E-state index contributed by atoms with van der Waals surface area (Å²) in [6.45, 7) is 10.4. The van der Waals surface area contributed by atoms with E-state index in [-0.39, 0.29) is 34.0 Å². The van der Waals surface area contributed by atoms with Crippen LogP contribution in [0.4, 0.5) is 21.5 Å². The topological polar surface area (TPSA) is 87.5 Å². The van der Waals surface area contributed by atoms with Gasteiger partial charge in [-0.1, -0.05) is 39.8 Å². The second-order valence-electron chi connectivity index (χ2n) is 12.7. The zero-order valence-electron chi connectivity index (χ0n) is 23.8. The summed E-state index contributed by atoms with van der Waals surface area (Å²) in [5, 5.41) is 17.7. The molecule has 2 N–H and O–H groups in total. The highest BCUT2D eigenvalue weighted by molar-refractivity contribution is 5.82. The lowest BCUT2D eigenvalue weighted by Crippen LogP contribution is -2.48. The maximum atomic E-state index is 13.2. The number of rotatable bonds is 8. The molecule has 8 heteroatoms. The number of nitro groups is 1. The maximum Gasteiger partial charge on any atom is 0.275 e. The minimum Gasteiger partial charge on any atom is -0.382 e. The van der Waals surface area contributed by atoms with Crippen molar-refractivity contribution in [3.05, 3.63) is 63.7 Å². The molecule has 1 saturated heterocycles. The molecule has 0 spiro atoms. The third kappa shape index (κ3) is 7.08. The molecule has 2 fully saturated rings. The minimum atomic E-state index is -0.861. The number of nitrogens with zero attached hydrogens (tertiary/aromatic N) is 2. The third-order valence-corrected chi connectivity index (χ3v) is 8.70. The number of alkyl halides is 1. The highest BCUT2D eigenvalue weighted by Gasteiger charge is 2.37. The summed E-state index contributed by atoms with van der Waals surface area (Å²) >= 11 is 0. The molecule has 0 bridgehead atoms. The molecule has 7 nitrogen and oxygen atoms in total. The zero-order valence-corrected chi connectivity index (χ0v) is 23.8. The number of benzene rings is 2. The molecule has 4 rings (SSSR count). The number of hydrogen-bond donors (Lipinski definition) is 2. The zero-order chi connectivity index (χ0) is 28.2. The van der Waals surface area contributed by atoms with E-state index < -0.39 is 11.6 Å². The molecule has 2 aromatic rings. The Morgan fingerprint density at radius 3 is 2.28 bits per heavy atom. The Bertz CT molecular complexity index is 1150. The summed E-state index contributed by atoms with van der Waals surface area (Å²) in [6, 6.07) is 13.6. The van der Waals surface area contributed by atoms with Crippen LogP contribution in [0.2, 0.25) is 0 Å². The van der Waals surface area contributed by atoms with Gasteiger partial charge < -0.3 is 15.5 Å². The first-order chi connectivity index (χ1) is 18.5. The van der Waals surface area contributed by atoms with E-state index in [1.54, 1.807) is 6.07 Å². The lowest BCUT2D eigenvalue weighted by atomic mass is 9.79. The maximum absolute atomic E-state index is 13.2. The van der Waals surface area contributed by atoms with Crippen molar-refractivity contribution in [2.24, 2.45) is 11.3 Å². The number of piperidine rings is 1. The van der Waals surface area contributed by atoms with Crippen molar-refractivity contribution < 1.29 is 14.1 Å². The van der Waals surface area contributed by atoms with Gasteiger partial charge in [-0.15, -0.1) is 0 Å². The first-order valence-corrected chi connectivity index (χ1v) is 14.2. The first kappa shape index (κ1) is 28.8. The van der Waals surface area contributed by atoms with Gasteiger partial charge in [0.1, 0.15) is 6.67 Å². The number of nitro benzene ring substituents is 1. The molecule has 1 amide bonds. The number of carbonyl (C=O) groups excluding carboxylic acids is 1. The van der Waals surface area contributed by atoms with Crippen LogP contribution < -0.4 is 15.5 Å². The number of anilines is 2. The van der Waals surface area contributed by atoms with Gasteiger partial charge in [-0.2, -0.15) is 0 Å². The van der Waals surface area contributed by atoms with Crippen LogP contribution in [-0.4, -0.2) is 36.5 Å². The number of halogens is 1. The molecule has 1 saturated carbocycles. The van der Waals surface area contributed by atoms with Gasteiger partial charge in [-0.3, -0.25) is 14.9 Å². The Morgan fingerprint density at radius 2 is 1.72 bits per heavy atom. The van der Waals surface area contributed by atoms with Gasteiger partial charge in [0.15, 0.2) is 0 Å². The molecule has 0 atom stereocenters. The van der Waals surface area contributed by atoms with Gasteiger partial charge in [-0.05, 0) is 79.7 Å². The van der Waals surface area contributed by atoms with Gasteiger partial charge in [0.2, 0.25) is 5.91 Å². The molecule has 212 valence electrons. The molecule has 1 aliphatic carbocycles. The molecular weight excluding hydrogens is 495 g/mol. The normalized spacial score (nSPS) is 21.3. The summed E-state index contributed by atoms with van der Waals surface area (Å²) in [7, 11) is 0. The fourth-order valence-corrected chi connectivity index (χ4v) is 5.82. The van der Waals surface area contributed by atoms with Crippen molar-refractivity contribution >= 4 is 23.0 Å². The van der Waals surface area contributed by atoms with E-state index in [2.05, 4.69) is 67.5 Å². The fraction of sp³-hybridized carbons (Fsp3) is 0.581. The van der Waals surface area contributed by atoms with Crippen LogP contribution in [0.3, 0.4) is 0 Å². The van der Waals surface area contributed by atoms with E-state index >= 15 is 0 Å². The van der Waals surface area contributed by atoms with E-state index in [9.17, 15) is 19.3 Å². The first-order valence-electron chi connectivity index (χ1n) is 14.2. The predicted octanol–water partition coefficient (Wildman–Crippen LogP) is 6.76. The number of carbonyl (C=O) groups is 1. The van der Waals surface area contributed by atoms with E-state index in [4.69, 9.17) is 0 Å². The van der Waals surface area contributed by atoms with Gasteiger partial charge in [-0.25, -0.2) is 4.39 Å². The van der Waals surface area contributed by atoms with Crippen LogP contribution in [0.25, 0.3) is 0 Å². The Morgan fingerprint density at radius 1 is 1.08 bits per heavy atom. The minimum absolute atomic E-state index is 0.0965. The third-order valence-electron chi connectivity index (χ3n) is 8.70. The van der Waals surface area contributed by atoms with E-state index in [0.29, 0.717) is 12.5 Å². The average Bonchev–Trinajstić information content (AvgIpc) is 2.92. The number of amides is 1. The highest BCUT2D eigenvalue weighted by Crippen LogP contribution is 2.35. The van der Waals surface area contributed by atoms with Gasteiger partial charge in [0, 0.05) is 48.5 Å². The fourth-order valence-electron chi connectivity index (χ4n) is 5.82. The molecule has 2 aromatic carbocycles. The molecule has 2 aliphatic rings. The number of nitrogens with one attached hydrogen (secondary N) is 2. The van der Waals surface area contributed by atoms with Crippen LogP contribution in [0.15, 0.2) is 42.5 Å². The molecule has 39 heavy (non-hydrogen) atoms. The molecule has 1 aliphatic heterocycles. The molecule has 0 aromatic heterocycles. The predicted molar refractivity (Wildman–Crippen MR) is 155 cm³/mol. The van der Waals surface area contributed by atoms with Crippen LogP contribution in [0, 0.1) is 21.4 Å². The largest absolute Gasteiger partial charge is 0.382 e. The summed E-state index contributed by atoms with van der Waals surface area (Å²) in [5.41, 5.74) is 2.98. The van der Waals surface area contributed by atoms with Crippen molar-refractivity contribution in [1.82, 2.24) is 5.32 Å². The van der Waals surface area contributed by atoms with Gasteiger partial charge in [0.25, 0.3) is 5.69 Å². The highest BCUT2D eigenvalue weighted by atomic mass is 19.1. The lowest BCUT2D eigenvalue weighted by molar-refractivity contribution is -0.385. The quantitative estimate of drug-likeness (QED) is 0.287. The summed E-state index contributed by atoms with van der Waals surface area (Å²) in [6.07, 6.45) is 5.57. The van der Waals surface area contributed by atoms with Crippen molar-refractivity contribution in [3.8, 4) is 0 Å². The Kier molecular flexibility index (Phi) is 8.82. The monoisotopic (exact) mass is 538 g/mol. The summed E-state index contributed by atoms with van der Waals surface area (Å²) < 4.78 is 13.2. The van der Waals surface area contributed by atoms with E-state index in [1.807, 2.05) is 0 Å². The van der Waals surface area contributed by atoms with Crippen LogP contribution >= 0.6 is 0 Å². The van der Waals surface area contributed by atoms with Crippen LogP contribution in [-0.2, 0) is 16.9 Å². The SMILES string of the molecule is CC1(C(=O)NCC2CCC(Nc3ccc([N+](=O)[O-])c(CF)c3)CC2)CCN(c2ccc(C(C)(C)C)cc2)CC1. The second kappa shape index (κ2) is 11.9. The Balaban J connectivity index is 1.20. The van der Waals surface area contributed by atoms with Crippen molar-refractivity contribution in [3.63, 3.8) is 0 Å². The average molecular weight is 539 g/mol. The van der Waals surface area contributed by atoms with Crippen LogP contribution in [0.1, 0.15) is 77.3 Å². The lowest BCUT2D eigenvalue weighted by Gasteiger charge is -2.40. The molecule has 0 unspecified atom stereocenters. The molecule has 0 radical (unpaired) electrons. The van der Waals surface area contributed by atoms with Gasteiger partial charge in [0.05, 0.1) is 10.5 Å². The Hall–Kier alpha value is -3.16. The number of hydrogen-bond acceptors (Lipinski definition) is 5. The summed E-state index contributed by atoms with van der Waals surface area (Å²) in [5.74, 6) is 0.602. The van der Waals surface area contributed by atoms with Gasteiger partial charge >= 0.3 is 0 Å². The van der Waals surface area contributed by atoms with Crippen LogP contribution in [0.5, 0.6) is 0 Å². The molecular formula is C31H43FN4O3. The summed E-state index contributed by atoms with van der Waals surface area (Å²) in [4.78, 5) is 26.1. The van der Waals surface area contributed by atoms with Crippen molar-refractivity contribution in [2.75, 3.05) is 29.9 Å². The smallest absolute Gasteiger partial charge is 0.275 e.